The number of allylic oxidation sites excluding steroid dienone is 5. The summed E-state index contributed by atoms with van der Waals surface area (Å²) in [6, 6.07) is 9.95. The van der Waals surface area contributed by atoms with Gasteiger partial charge in [0.05, 0.1) is 15.6 Å². The molecule has 0 bridgehead atoms. The van der Waals surface area contributed by atoms with E-state index >= 15 is 0 Å². The van der Waals surface area contributed by atoms with Crippen molar-refractivity contribution in [2.45, 2.75) is 10.9 Å². The highest BCUT2D eigenvalue weighted by Gasteiger charge is 2.19. The number of benzene rings is 1. The average Bonchev–Trinajstić information content (AvgIpc) is 3.11. The normalized spacial score (nSPS) is 14.1. The molecule has 146 valence electrons. The molecule has 0 saturated carbocycles. The predicted molar refractivity (Wildman–Crippen MR) is 118 cm³/mol. The number of carbonyl (C=O) groups excluding carboxylic acids is 1. The molecule has 0 amide bonds. The molecule has 1 aromatic carbocycles. The SMILES string of the molecule is Nc1c(C=C2C=C(Cl)C(=O)C(Cl)=C2)c(=O)nc2snc(SCc3ccccc3)n12. The van der Waals surface area contributed by atoms with Gasteiger partial charge in [-0.3, -0.25) is 9.59 Å². The Morgan fingerprint density at radius 3 is 2.52 bits per heavy atom. The second-order valence-electron chi connectivity index (χ2n) is 6.03. The number of nitrogens with zero attached hydrogens (tertiary/aromatic N) is 3. The van der Waals surface area contributed by atoms with E-state index in [0.717, 1.165) is 17.1 Å². The van der Waals surface area contributed by atoms with Crippen molar-refractivity contribution >= 4 is 69.1 Å². The number of nitrogens with two attached hydrogens (primary N) is 1. The molecule has 0 fully saturated rings. The van der Waals surface area contributed by atoms with Gasteiger partial charge in [0.1, 0.15) is 5.82 Å². The molecule has 2 N–H and O–H groups in total. The van der Waals surface area contributed by atoms with Gasteiger partial charge < -0.3 is 5.73 Å². The standard InChI is InChI=1S/C19H12Cl2N4O2S2/c20-13-7-11(8-14(21)15(13)26)6-12-16(22)25-18(23-17(12)27)29-24-19(25)28-9-10-4-2-1-3-5-10/h1-8H,9,22H2. The number of thioether (sulfide) groups is 1. The smallest absolute Gasteiger partial charge is 0.283 e. The maximum Gasteiger partial charge on any atom is 0.283 e. The first-order valence-corrected chi connectivity index (χ1v) is 10.8. The molecule has 2 aromatic heterocycles. The van der Waals surface area contributed by atoms with Crippen LogP contribution in [0.25, 0.3) is 11.0 Å². The second kappa shape index (κ2) is 8.16. The minimum atomic E-state index is -0.496. The maximum absolute atomic E-state index is 12.5. The van der Waals surface area contributed by atoms with E-state index in [2.05, 4.69) is 9.36 Å². The average molecular weight is 463 g/mol. The predicted octanol–water partition coefficient (Wildman–Crippen LogP) is 4.24. The van der Waals surface area contributed by atoms with E-state index < -0.39 is 11.3 Å². The lowest BCUT2D eigenvalue weighted by molar-refractivity contribution is -0.111. The highest BCUT2D eigenvalue weighted by Crippen LogP contribution is 2.29. The minimum absolute atomic E-state index is 0.0345. The Hall–Kier alpha value is -2.39. The van der Waals surface area contributed by atoms with Crippen LogP contribution < -0.4 is 11.3 Å². The van der Waals surface area contributed by atoms with Gasteiger partial charge in [-0.1, -0.05) is 65.3 Å². The fraction of sp³-hybridized carbons (Fsp3) is 0.0526. The highest BCUT2D eigenvalue weighted by molar-refractivity contribution is 7.98. The monoisotopic (exact) mass is 462 g/mol. The molecule has 4 rings (SSSR count). The summed E-state index contributed by atoms with van der Waals surface area (Å²) in [5.41, 5.74) is 7.60. The fourth-order valence-corrected chi connectivity index (χ4v) is 4.99. The highest BCUT2D eigenvalue weighted by atomic mass is 35.5. The van der Waals surface area contributed by atoms with Gasteiger partial charge in [0.2, 0.25) is 10.7 Å². The number of hydrogen-bond donors (Lipinski definition) is 1. The Labute approximate surface area is 183 Å². The van der Waals surface area contributed by atoms with Gasteiger partial charge in [-0.05, 0) is 29.4 Å². The number of nitrogen functional groups attached to an aromatic ring is 1. The molecule has 0 spiro atoms. The second-order valence-corrected chi connectivity index (χ2v) is 8.52. The first-order valence-electron chi connectivity index (χ1n) is 8.29. The lowest BCUT2D eigenvalue weighted by atomic mass is 10.1. The molecule has 3 aromatic rings. The van der Waals surface area contributed by atoms with Gasteiger partial charge >= 0.3 is 0 Å². The molecule has 1 aliphatic carbocycles. The molecule has 0 radical (unpaired) electrons. The van der Waals surface area contributed by atoms with Crippen LogP contribution in [-0.2, 0) is 10.5 Å². The van der Waals surface area contributed by atoms with E-state index in [0.29, 0.717) is 21.4 Å². The molecule has 10 heteroatoms. The lowest BCUT2D eigenvalue weighted by Crippen LogP contribution is -2.16. The van der Waals surface area contributed by atoms with Crippen molar-refractivity contribution in [1.29, 1.82) is 0 Å². The van der Waals surface area contributed by atoms with Crippen LogP contribution in [0.4, 0.5) is 5.82 Å². The third kappa shape index (κ3) is 4.02. The number of anilines is 1. The van der Waals surface area contributed by atoms with Gasteiger partial charge in [0, 0.05) is 17.3 Å². The zero-order valence-corrected chi connectivity index (χ0v) is 17.8. The van der Waals surface area contributed by atoms with E-state index in [4.69, 9.17) is 28.9 Å². The number of halogens is 2. The maximum atomic E-state index is 12.5. The number of ketones is 1. The number of carbonyl (C=O) groups is 1. The van der Waals surface area contributed by atoms with Gasteiger partial charge in [0.15, 0.2) is 5.16 Å². The van der Waals surface area contributed by atoms with Crippen LogP contribution in [0.5, 0.6) is 0 Å². The van der Waals surface area contributed by atoms with Crippen molar-refractivity contribution in [3.8, 4) is 0 Å². The summed E-state index contributed by atoms with van der Waals surface area (Å²) < 4.78 is 6.04. The number of rotatable bonds is 4. The van der Waals surface area contributed by atoms with Crippen LogP contribution in [0.1, 0.15) is 11.1 Å². The summed E-state index contributed by atoms with van der Waals surface area (Å²) in [4.78, 5) is 28.7. The summed E-state index contributed by atoms with van der Waals surface area (Å²) in [7, 11) is 0. The van der Waals surface area contributed by atoms with Crippen LogP contribution >= 0.6 is 46.5 Å². The molecule has 1 aliphatic rings. The van der Waals surface area contributed by atoms with Crippen LogP contribution in [0.3, 0.4) is 0 Å². The van der Waals surface area contributed by atoms with Crippen molar-refractivity contribution in [2.24, 2.45) is 0 Å². The molecule has 29 heavy (non-hydrogen) atoms. The van der Waals surface area contributed by atoms with Gasteiger partial charge in [-0.2, -0.15) is 9.36 Å². The molecule has 2 heterocycles. The van der Waals surface area contributed by atoms with Gasteiger partial charge in [-0.15, -0.1) is 0 Å². The first kappa shape index (κ1) is 19.9. The number of aromatic nitrogens is 3. The van der Waals surface area contributed by atoms with Crippen LogP contribution in [0.2, 0.25) is 0 Å². The number of Topliss-reactive ketones (excluding diaryl/α,β-unsaturated/α-hetero) is 1. The topological polar surface area (TPSA) is 90.4 Å². The van der Waals surface area contributed by atoms with E-state index in [-0.39, 0.29) is 21.4 Å². The summed E-state index contributed by atoms with van der Waals surface area (Å²) >= 11 is 14.4. The molecule has 6 nitrogen and oxygen atoms in total. The zero-order chi connectivity index (χ0) is 20.5. The number of fused-ring (bicyclic) bond motifs is 1. The molecule has 0 saturated heterocycles. The molecule has 0 unspecified atom stereocenters. The fourth-order valence-electron chi connectivity index (χ4n) is 2.68. The van der Waals surface area contributed by atoms with Gasteiger partial charge in [0.25, 0.3) is 5.56 Å². The Balaban J connectivity index is 1.75. The van der Waals surface area contributed by atoms with Crippen molar-refractivity contribution in [1.82, 2.24) is 13.8 Å². The molecule has 0 aliphatic heterocycles. The summed E-state index contributed by atoms with van der Waals surface area (Å²) in [6.07, 6.45) is 4.37. The molecular formula is C19H12Cl2N4O2S2. The lowest BCUT2D eigenvalue weighted by Gasteiger charge is -2.09. The van der Waals surface area contributed by atoms with E-state index in [9.17, 15) is 9.59 Å². The van der Waals surface area contributed by atoms with E-state index in [1.165, 1.54) is 30.0 Å². The van der Waals surface area contributed by atoms with Crippen LogP contribution in [0, 0.1) is 0 Å². The minimum Gasteiger partial charge on any atom is -0.384 e. The molecule has 0 atom stereocenters. The first-order chi connectivity index (χ1) is 13.9. The Morgan fingerprint density at radius 1 is 1.14 bits per heavy atom. The van der Waals surface area contributed by atoms with E-state index in [1.807, 2.05) is 30.3 Å². The van der Waals surface area contributed by atoms with Crippen molar-refractivity contribution in [2.75, 3.05) is 5.73 Å². The largest absolute Gasteiger partial charge is 0.384 e. The molecular weight excluding hydrogens is 451 g/mol. The Kier molecular flexibility index (Phi) is 5.60. The quantitative estimate of drug-likeness (QED) is 0.583. The van der Waals surface area contributed by atoms with Crippen LogP contribution in [-0.4, -0.2) is 19.5 Å². The Bertz CT molecular complexity index is 1250. The third-order valence-electron chi connectivity index (χ3n) is 4.07. The van der Waals surface area contributed by atoms with E-state index in [1.54, 1.807) is 4.40 Å². The summed E-state index contributed by atoms with van der Waals surface area (Å²) in [6.45, 7) is 0. The summed E-state index contributed by atoms with van der Waals surface area (Å²) in [5.74, 6) is 0.439. The van der Waals surface area contributed by atoms with Gasteiger partial charge in [-0.25, -0.2) is 4.40 Å². The summed E-state index contributed by atoms with van der Waals surface area (Å²) in [5, 5.41) is 0.569. The third-order valence-corrected chi connectivity index (χ3v) is 6.46. The Morgan fingerprint density at radius 2 is 1.83 bits per heavy atom. The zero-order valence-electron chi connectivity index (χ0n) is 14.6. The number of hydrogen-bond acceptors (Lipinski definition) is 7. The van der Waals surface area contributed by atoms with Crippen molar-refractivity contribution in [3.63, 3.8) is 0 Å². The van der Waals surface area contributed by atoms with Crippen LogP contribution in [0.15, 0.2) is 68.1 Å². The van der Waals surface area contributed by atoms with Crippen molar-refractivity contribution < 1.29 is 4.79 Å². The van der Waals surface area contributed by atoms with Crippen molar-refractivity contribution in [3.05, 3.63) is 79.6 Å².